The molecule has 2 spiro atoms. The number of hydrogen-bond acceptors (Lipinski definition) is 1. The van der Waals surface area contributed by atoms with Crippen LogP contribution in [-0.2, 0) is 16.2 Å². The summed E-state index contributed by atoms with van der Waals surface area (Å²) in [4.78, 5) is 2.67. The summed E-state index contributed by atoms with van der Waals surface area (Å²) >= 11 is 0. The van der Waals surface area contributed by atoms with E-state index in [4.69, 9.17) is 0 Å². The monoisotopic (exact) mass is 837 g/mol. The van der Waals surface area contributed by atoms with E-state index in [1.807, 2.05) is 0 Å². The van der Waals surface area contributed by atoms with Gasteiger partial charge < -0.3 is 4.90 Å². The third-order valence-corrected chi connectivity index (χ3v) is 16.3. The van der Waals surface area contributed by atoms with E-state index < -0.39 is 10.8 Å². The summed E-state index contributed by atoms with van der Waals surface area (Å²) in [5, 5.41) is 0. The van der Waals surface area contributed by atoms with Crippen LogP contribution in [-0.4, -0.2) is 0 Å². The van der Waals surface area contributed by atoms with Crippen molar-refractivity contribution in [2.75, 3.05) is 4.90 Å². The second-order valence-corrected chi connectivity index (χ2v) is 19.4. The Hall–Kier alpha value is -8.00. The molecule has 1 nitrogen and oxygen atoms in total. The predicted molar refractivity (Wildman–Crippen MR) is 271 cm³/mol. The number of anilines is 3. The molecular weight excluding hydrogens is 795 g/mol. The predicted octanol–water partition coefficient (Wildman–Crippen LogP) is 16.1. The van der Waals surface area contributed by atoms with Gasteiger partial charge in [0, 0.05) is 16.7 Å². The minimum atomic E-state index is -0.540. The minimum Gasteiger partial charge on any atom is -0.310 e. The highest BCUT2D eigenvalue weighted by Gasteiger charge is 2.55. The molecule has 5 aliphatic rings. The van der Waals surface area contributed by atoms with Gasteiger partial charge in [0.1, 0.15) is 0 Å². The van der Waals surface area contributed by atoms with Crippen LogP contribution in [0.5, 0.6) is 0 Å². The average Bonchev–Trinajstić information content (AvgIpc) is 4.11. The highest BCUT2D eigenvalue weighted by molar-refractivity contribution is 6.02. The molecule has 0 radical (unpaired) electrons. The molecule has 0 bridgehead atoms. The van der Waals surface area contributed by atoms with E-state index in [2.05, 4.69) is 243 Å². The first-order chi connectivity index (χ1) is 32.5. The molecule has 308 valence electrons. The molecule has 66 heavy (non-hydrogen) atoms. The van der Waals surface area contributed by atoms with Crippen LogP contribution in [0, 0.1) is 0 Å². The molecule has 0 fully saturated rings. The molecule has 0 saturated heterocycles. The van der Waals surface area contributed by atoms with E-state index in [-0.39, 0.29) is 5.41 Å². The van der Waals surface area contributed by atoms with Gasteiger partial charge in [-0.2, -0.15) is 0 Å². The van der Waals surface area contributed by atoms with Crippen molar-refractivity contribution in [1.29, 1.82) is 0 Å². The molecule has 0 N–H and O–H groups in total. The molecule has 1 heteroatoms. The third kappa shape index (κ3) is 4.15. The van der Waals surface area contributed by atoms with Crippen LogP contribution in [0.3, 0.4) is 0 Å². The molecular formula is C65H43N. The molecule has 0 heterocycles. The maximum Gasteiger partial charge on any atom is 0.0746 e. The van der Waals surface area contributed by atoms with E-state index in [0.29, 0.717) is 0 Å². The molecule has 0 unspecified atom stereocenters. The Morgan fingerprint density at radius 2 is 0.576 bits per heavy atom. The van der Waals surface area contributed by atoms with Crippen molar-refractivity contribution in [2.24, 2.45) is 0 Å². The summed E-state index contributed by atoms with van der Waals surface area (Å²) in [6.45, 7) is 4.85. The van der Waals surface area contributed by atoms with Crippen LogP contribution in [0.15, 0.2) is 224 Å². The second kappa shape index (κ2) is 12.6. The van der Waals surface area contributed by atoms with Gasteiger partial charge in [0.25, 0.3) is 0 Å². The van der Waals surface area contributed by atoms with E-state index in [0.717, 1.165) is 5.69 Å². The minimum absolute atomic E-state index is 0.260. The van der Waals surface area contributed by atoms with Crippen molar-refractivity contribution in [1.82, 2.24) is 0 Å². The van der Waals surface area contributed by atoms with Gasteiger partial charge in [-0.25, -0.2) is 0 Å². The Morgan fingerprint density at radius 1 is 0.258 bits per heavy atom. The standard InChI is InChI=1S/C65H43N/c1-63(2)51-28-10-3-24-46(51)49-26-17-35-59(61(49)63)66(40-37-38-48-45-23-6-13-31-54(45)64(58(48)39-40)52-29-11-4-19-41(52)42-20-5-12-30-53(42)64)60-36-18-27-50-47-25-9-16-34-57(47)65(62(50)60)55-32-14-7-21-43(55)44-22-8-15-33-56(44)65/h3-39H,1-2H3. The van der Waals surface area contributed by atoms with Crippen LogP contribution in [0.4, 0.5) is 17.1 Å². The Balaban J connectivity index is 1.08. The fraction of sp³-hybridized carbons (Fsp3) is 0.0769. The molecule has 0 aliphatic heterocycles. The van der Waals surface area contributed by atoms with Crippen LogP contribution in [0.1, 0.15) is 69.5 Å². The maximum absolute atomic E-state index is 2.67. The lowest BCUT2D eigenvalue weighted by Crippen LogP contribution is -2.29. The summed E-state index contributed by atoms with van der Waals surface area (Å²) in [7, 11) is 0. The van der Waals surface area contributed by atoms with Gasteiger partial charge in [-0.1, -0.05) is 214 Å². The number of benzene rings is 10. The maximum atomic E-state index is 2.67. The number of hydrogen-bond donors (Lipinski definition) is 0. The Morgan fingerprint density at radius 3 is 1.03 bits per heavy atom. The van der Waals surface area contributed by atoms with Crippen LogP contribution >= 0.6 is 0 Å². The quantitative estimate of drug-likeness (QED) is 0.171. The van der Waals surface area contributed by atoms with Crippen molar-refractivity contribution in [3.05, 3.63) is 280 Å². The van der Waals surface area contributed by atoms with E-state index in [1.54, 1.807) is 0 Å². The first kappa shape index (κ1) is 36.4. The summed E-state index contributed by atoms with van der Waals surface area (Å²) < 4.78 is 0. The van der Waals surface area contributed by atoms with Crippen LogP contribution < -0.4 is 4.90 Å². The highest BCUT2D eigenvalue weighted by atomic mass is 15.2. The highest BCUT2D eigenvalue weighted by Crippen LogP contribution is 2.67. The van der Waals surface area contributed by atoms with E-state index in [1.165, 1.54) is 123 Å². The van der Waals surface area contributed by atoms with Crippen molar-refractivity contribution in [2.45, 2.75) is 30.1 Å². The number of rotatable bonds is 3. The summed E-state index contributed by atoms with van der Waals surface area (Å²) in [5.41, 5.74) is 28.9. The summed E-state index contributed by atoms with van der Waals surface area (Å²) in [6.07, 6.45) is 0. The lowest BCUT2D eigenvalue weighted by atomic mass is 9.69. The lowest BCUT2D eigenvalue weighted by molar-refractivity contribution is 0.660. The first-order valence-corrected chi connectivity index (χ1v) is 23.4. The summed E-state index contributed by atoms with van der Waals surface area (Å²) in [6, 6.07) is 85.7. The molecule has 10 aromatic carbocycles. The van der Waals surface area contributed by atoms with Gasteiger partial charge >= 0.3 is 0 Å². The summed E-state index contributed by atoms with van der Waals surface area (Å²) in [5.74, 6) is 0. The van der Waals surface area contributed by atoms with Crippen molar-refractivity contribution >= 4 is 17.1 Å². The van der Waals surface area contributed by atoms with Crippen molar-refractivity contribution in [3.8, 4) is 55.6 Å². The van der Waals surface area contributed by atoms with Crippen molar-refractivity contribution in [3.63, 3.8) is 0 Å². The zero-order valence-electron chi connectivity index (χ0n) is 36.8. The van der Waals surface area contributed by atoms with Crippen molar-refractivity contribution < 1.29 is 0 Å². The van der Waals surface area contributed by atoms with Crippen LogP contribution in [0.2, 0.25) is 0 Å². The van der Waals surface area contributed by atoms with Crippen LogP contribution in [0.25, 0.3) is 55.6 Å². The number of fused-ring (bicyclic) bond motifs is 23. The molecule has 5 aliphatic carbocycles. The van der Waals surface area contributed by atoms with Gasteiger partial charge in [0.2, 0.25) is 0 Å². The second-order valence-electron chi connectivity index (χ2n) is 19.4. The smallest absolute Gasteiger partial charge is 0.0746 e. The van der Waals surface area contributed by atoms with Gasteiger partial charge in [-0.05, 0) is 130 Å². The zero-order chi connectivity index (χ0) is 43.5. The topological polar surface area (TPSA) is 3.24 Å². The molecule has 10 aromatic rings. The number of nitrogens with zero attached hydrogens (tertiary/aromatic N) is 1. The first-order valence-electron chi connectivity index (χ1n) is 23.4. The molecule has 0 amide bonds. The molecule has 0 atom stereocenters. The molecule has 0 aromatic heterocycles. The SMILES string of the molecule is CC1(C)c2ccccc2-c2cccc(N(c3ccc4c(c3)C3(c5ccccc5-c5ccccc53)c3ccccc3-4)c3cccc4c3C3(c5ccccc5-c5ccccc53)c3ccccc3-4)c21. The van der Waals surface area contributed by atoms with Gasteiger partial charge in [0.15, 0.2) is 0 Å². The van der Waals surface area contributed by atoms with E-state index >= 15 is 0 Å². The third-order valence-electron chi connectivity index (χ3n) is 16.3. The fourth-order valence-corrected chi connectivity index (χ4v) is 14.0. The molecule has 0 saturated carbocycles. The average molecular weight is 838 g/mol. The lowest BCUT2D eigenvalue weighted by Gasteiger charge is -2.38. The van der Waals surface area contributed by atoms with Gasteiger partial charge in [-0.15, -0.1) is 0 Å². The Kier molecular flexibility index (Phi) is 6.95. The Bertz CT molecular complexity index is 3640. The normalized spacial score (nSPS) is 15.5. The largest absolute Gasteiger partial charge is 0.310 e. The molecule has 15 rings (SSSR count). The Labute approximate surface area is 386 Å². The zero-order valence-corrected chi connectivity index (χ0v) is 36.8. The van der Waals surface area contributed by atoms with Gasteiger partial charge in [-0.3, -0.25) is 0 Å². The van der Waals surface area contributed by atoms with E-state index in [9.17, 15) is 0 Å². The fourth-order valence-electron chi connectivity index (χ4n) is 14.0. The van der Waals surface area contributed by atoms with Gasteiger partial charge in [0.05, 0.1) is 22.2 Å².